The van der Waals surface area contributed by atoms with Gasteiger partial charge in [-0.25, -0.2) is 0 Å². The zero-order valence-corrected chi connectivity index (χ0v) is 8.15. The van der Waals surface area contributed by atoms with Crippen molar-refractivity contribution < 1.29 is 5.11 Å². The average Bonchev–Trinajstić information content (AvgIpc) is 1.99. The summed E-state index contributed by atoms with van der Waals surface area (Å²) >= 11 is 4.14. The summed E-state index contributed by atoms with van der Waals surface area (Å²) in [6.45, 7) is 7.60. The fourth-order valence-corrected chi connectivity index (χ4v) is 1.32. The summed E-state index contributed by atoms with van der Waals surface area (Å²) in [5.74, 6) is 0.253. The second-order valence-electron chi connectivity index (χ2n) is 2.94. The molecule has 1 aromatic carbocycles. The van der Waals surface area contributed by atoms with Gasteiger partial charge in [-0.05, 0) is 37.1 Å². The molecule has 0 saturated heterocycles. The topological polar surface area (TPSA) is 20.2 Å². The van der Waals surface area contributed by atoms with Crippen molar-refractivity contribution >= 4 is 18.2 Å². The molecule has 1 nitrogen and oxygen atoms in total. The van der Waals surface area contributed by atoms with Gasteiger partial charge in [0.05, 0.1) is 0 Å². The zero-order valence-electron chi connectivity index (χ0n) is 7.26. The first-order valence-electron chi connectivity index (χ1n) is 3.71. The van der Waals surface area contributed by atoms with Crippen molar-refractivity contribution in [3.05, 3.63) is 29.8 Å². The number of phenolic OH excluding ortho intramolecular Hbond substituents is 1. The molecule has 12 heavy (non-hydrogen) atoms. The predicted molar refractivity (Wildman–Crippen MR) is 54.8 cm³/mol. The lowest BCUT2D eigenvalue weighted by Crippen LogP contribution is -1.83. The van der Waals surface area contributed by atoms with Crippen LogP contribution in [0.1, 0.15) is 18.1 Å². The highest BCUT2D eigenvalue weighted by Crippen LogP contribution is 2.28. The van der Waals surface area contributed by atoms with Gasteiger partial charge in [-0.1, -0.05) is 12.2 Å². The van der Waals surface area contributed by atoms with Crippen molar-refractivity contribution in [1.29, 1.82) is 0 Å². The van der Waals surface area contributed by atoms with E-state index in [2.05, 4.69) is 19.2 Å². The maximum absolute atomic E-state index is 9.41. The van der Waals surface area contributed by atoms with E-state index in [-0.39, 0.29) is 5.75 Å². The number of hydrogen-bond acceptors (Lipinski definition) is 2. The van der Waals surface area contributed by atoms with E-state index in [0.29, 0.717) is 4.90 Å². The summed E-state index contributed by atoms with van der Waals surface area (Å²) in [6, 6.07) is 3.71. The first-order chi connectivity index (χ1) is 5.52. The number of allylic oxidation sites excluding steroid dienone is 1. The first kappa shape index (κ1) is 9.20. The second-order valence-corrected chi connectivity index (χ2v) is 3.42. The maximum atomic E-state index is 9.41. The quantitative estimate of drug-likeness (QED) is 0.636. The molecule has 0 saturated carbocycles. The number of thiol groups is 1. The van der Waals surface area contributed by atoms with Crippen LogP contribution in [0.15, 0.2) is 23.6 Å². The van der Waals surface area contributed by atoms with Crippen LogP contribution in [0.25, 0.3) is 5.57 Å². The van der Waals surface area contributed by atoms with Crippen LogP contribution in [-0.4, -0.2) is 5.11 Å². The number of benzene rings is 1. The van der Waals surface area contributed by atoms with E-state index in [1.165, 1.54) is 0 Å². The van der Waals surface area contributed by atoms with Crippen LogP contribution in [0.5, 0.6) is 5.75 Å². The van der Waals surface area contributed by atoms with Crippen molar-refractivity contribution in [1.82, 2.24) is 0 Å². The molecule has 0 amide bonds. The number of rotatable bonds is 1. The molecule has 0 bridgehead atoms. The van der Waals surface area contributed by atoms with Crippen LogP contribution < -0.4 is 0 Å². The average molecular weight is 180 g/mol. The van der Waals surface area contributed by atoms with E-state index in [9.17, 15) is 5.11 Å². The highest BCUT2D eigenvalue weighted by atomic mass is 32.1. The van der Waals surface area contributed by atoms with E-state index in [1.54, 1.807) is 0 Å². The van der Waals surface area contributed by atoms with Crippen molar-refractivity contribution in [2.75, 3.05) is 0 Å². The van der Waals surface area contributed by atoms with Gasteiger partial charge in [0.2, 0.25) is 0 Å². The molecule has 0 aliphatic heterocycles. The molecule has 0 aromatic heterocycles. The van der Waals surface area contributed by atoms with Crippen molar-refractivity contribution in [3.8, 4) is 5.75 Å². The highest BCUT2D eigenvalue weighted by molar-refractivity contribution is 7.80. The third-order valence-corrected chi connectivity index (χ3v) is 2.11. The summed E-state index contributed by atoms with van der Waals surface area (Å²) in [7, 11) is 0. The van der Waals surface area contributed by atoms with Crippen LogP contribution in [0.4, 0.5) is 0 Å². The van der Waals surface area contributed by atoms with Crippen LogP contribution in [0.2, 0.25) is 0 Å². The zero-order chi connectivity index (χ0) is 9.30. The molecule has 0 heterocycles. The van der Waals surface area contributed by atoms with Gasteiger partial charge in [0.25, 0.3) is 0 Å². The summed E-state index contributed by atoms with van der Waals surface area (Å²) in [6.07, 6.45) is 0. The first-order valence-corrected chi connectivity index (χ1v) is 4.15. The minimum Gasteiger partial charge on any atom is -0.507 e. The van der Waals surface area contributed by atoms with E-state index in [4.69, 9.17) is 0 Å². The standard InChI is InChI=1S/C10H12OS/c1-6(2)8-4-7(3)10(11)9(12)5-8/h4-5,11-12H,1H2,2-3H3. The Morgan fingerprint density at radius 1 is 1.50 bits per heavy atom. The largest absolute Gasteiger partial charge is 0.507 e. The third-order valence-electron chi connectivity index (χ3n) is 1.77. The molecule has 1 aromatic rings. The molecule has 2 heteroatoms. The van der Waals surface area contributed by atoms with Gasteiger partial charge >= 0.3 is 0 Å². The molecule has 0 aliphatic rings. The monoisotopic (exact) mass is 180 g/mol. The molecular weight excluding hydrogens is 168 g/mol. The van der Waals surface area contributed by atoms with Crippen LogP contribution in [-0.2, 0) is 0 Å². The van der Waals surface area contributed by atoms with Gasteiger partial charge < -0.3 is 5.11 Å². The molecule has 0 atom stereocenters. The van der Waals surface area contributed by atoms with Gasteiger partial charge in [-0.3, -0.25) is 0 Å². The van der Waals surface area contributed by atoms with Crippen LogP contribution >= 0.6 is 12.6 Å². The van der Waals surface area contributed by atoms with Crippen molar-refractivity contribution in [2.45, 2.75) is 18.7 Å². The molecular formula is C10H12OS. The van der Waals surface area contributed by atoms with Crippen molar-refractivity contribution in [2.24, 2.45) is 0 Å². The number of phenols is 1. The van der Waals surface area contributed by atoms with Gasteiger partial charge in [-0.15, -0.1) is 12.6 Å². The van der Waals surface area contributed by atoms with E-state index in [1.807, 2.05) is 26.0 Å². The van der Waals surface area contributed by atoms with Crippen LogP contribution in [0, 0.1) is 6.92 Å². The Kier molecular flexibility index (Phi) is 2.48. The van der Waals surface area contributed by atoms with E-state index in [0.717, 1.165) is 16.7 Å². The second kappa shape index (κ2) is 3.23. The molecule has 0 aliphatic carbocycles. The smallest absolute Gasteiger partial charge is 0.131 e. The molecule has 0 radical (unpaired) electrons. The number of hydrogen-bond donors (Lipinski definition) is 2. The van der Waals surface area contributed by atoms with Gasteiger partial charge in [0.15, 0.2) is 0 Å². The number of aromatic hydroxyl groups is 1. The fourth-order valence-electron chi connectivity index (χ4n) is 1.01. The Bertz CT molecular complexity index is 306. The SMILES string of the molecule is C=C(C)c1cc(C)c(O)c(S)c1. The van der Waals surface area contributed by atoms with Gasteiger partial charge in [-0.2, -0.15) is 0 Å². The Labute approximate surface area is 78.2 Å². The Balaban J connectivity index is 3.31. The van der Waals surface area contributed by atoms with E-state index >= 15 is 0 Å². The minimum atomic E-state index is 0.253. The molecule has 0 fully saturated rings. The molecule has 0 spiro atoms. The Morgan fingerprint density at radius 2 is 2.08 bits per heavy atom. The lowest BCUT2D eigenvalue weighted by molar-refractivity contribution is 0.458. The summed E-state index contributed by atoms with van der Waals surface area (Å²) in [4.78, 5) is 0.605. The van der Waals surface area contributed by atoms with Crippen LogP contribution in [0.3, 0.4) is 0 Å². The third kappa shape index (κ3) is 1.64. The summed E-state index contributed by atoms with van der Waals surface area (Å²) < 4.78 is 0. The Hall–Kier alpha value is -0.890. The lowest BCUT2D eigenvalue weighted by Gasteiger charge is -2.06. The molecule has 1 rings (SSSR count). The normalized spacial score (nSPS) is 9.92. The molecule has 64 valence electrons. The molecule has 0 unspecified atom stereocenters. The highest BCUT2D eigenvalue weighted by Gasteiger charge is 2.03. The fraction of sp³-hybridized carbons (Fsp3) is 0.200. The maximum Gasteiger partial charge on any atom is 0.131 e. The minimum absolute atomic E-state index is 0.253. The summed E-state index contributed by atoms with van der Waals surface area (Å²) in [5.41, 5.74) is 2.84. The molecule has 1 N–H and O–H groups in total. The Morgan fingerprint density at radius 3 is 2.50 bits per heavy atom. The number of aryl methyl sites for hydroxylation is 1. The van der Waals surface area contributed by atoms with Crippen molar-refractivity contribution in [3.63, 3.8) is 0 Å². The lowest BCUT2D eigenvalue weighted by atomic mass is 10.1. The van der Waals surface area contributed by atoms with Gasteiger partial charge in [0, 0.05) is 4.90 Å². The van der Waals surface area contributed by atoms with Gasteiger partial charge in [0.1, 0.15) is 5.75 Å². The van der Waals surface area contributed by atoms with E-state index < -0.39 is 0 Å². The summed E-state index contributed by atoms with van der Waals surface area (Å²) in [5, 5.41) is 9.41. The predicted octanol–water partition coefficient (Wildman–Crippen LogP) is 3.02.